The van der Waals surface area contributed by atoms with Gasteiger partial charge < -0.3 is 10.5 Å². The highest BCUT2D eigenvalue weighted by Gasteiger charge is 2.09. The molecule has 0 aliphatic rings. The van der Waals surface area contributed by atoms with Crippen molar-refractivity contribution in [1.29, 1.82) is 0 Å². The van der Waals surface area contributed by atoms with Crippen molar-refractivity contribution >= 4 is 28.5 Å². The summed E-state index contributed by atoms with van der Waals surface area (Å²) >= 11 is 6.56. The maximum Gasteiger partial charge on any atom is 0.107 e. The molecule has 0 spiro atoms. The molecule has 0 radical (unpaired) electrons. The predicted octanol–water partition coefficient (Wildman–Crippen LogP) is 2.08. The van der Waals surface area contributed by atoms with E-state index in [2.05, 4.69) is 4.98 Å². The van der Waals surface area contributed by atoms with Gasteiger partial charge in [0, 0.05) is 11.3 Å². The van der Waals surface area contributed by atoms with Gasteiger partial charge in [-0.05, 0) is 13.3 Å². The van der Waals surface area contributed by atoms with Crippen molar-refractivity contribution < 1.29 is 4.74 Å². The number of thiazole rings is 1. The Kier molecular flexibility index (Phi) is 5.14. The fraction of sp³-hybridized carbons (Fsp3) is 0.600. The Morgan fingerprint density at radius 2 is 2.47 bits per heavy atom. The van der Waals surface area contributed by atoms with Crippen LogP contribution in [0.1, 0.15) is 23.9 Å². The zero-order valence-electron chi connectivity index (χ0n) is 9.03. The summed E-state index contributed by atoms with van der Waals surface area (Å²) in [4.78, 5) is 5.90. The number of aryl methyl sites for hydroxylation is 1. The van der Waals surface area contributed by atoms with Crippen LogP contribution in [0.3, 0.4) is 0 Å². The van der Waals surface area contributed by atoms with E-state index in [1.165, 1.54) is 4.88 Å². The summed E-state index contributed by atoms with van der Waals surface area (Å²) in [7, 11) is 0. The number of rotatable bonds is 6. The minimum atomic E-state index is -0.0896. The molecule has 0 aromatic carbocycles. The lowest BCUT2D eigenvalue weighted by molar-refractivity contribution is 0.0990. The number of aromatic nitrogens is 1. The van der Waals surface area contributed by atoms with Gasteiger partial charge in [-0.3, -0.25) is 0 Å². The van der Waals surface area contributed by atoms with Crippen LogP contribution in [0.5, 0.6) is 0 Å². The second kappa shape index (κ2) is 6.15. The van der Waals surface area contributed by atoms with Crippen LogP contribution >= 0.6 is 23.6 Å². The van der Waals surface area contributed by atoms with Gasteiger partial charge in [0.1, 0.15) is 11.1 Å². The molecule has 5 heteroatoms. The van der Waals surface area contributed by atoms with E-state index in [1.807, 2.05) is 19.4 Å². The van der Waals surface area contributed by atoms with Crippen LogP contribution < -0.4 is 5.73 Å². The Hall–Kier alpha value is -0.520. The smallest absolute Gasteiger partial charge is 0.107 e. The highest BCUT2D eigenvalue weighted by atomic mass is 32.1. The molecule has 1 unspecified atom stereocenters. The van der Waals surface area contributed by atoms with Gasteiger partial charge in [0.15, 0.2) is 0 Å². The molecule has 0 aliphatic heterocycles. The minimum Gasteiger partial charge on any atom is -0.391 e. The van der Waals surface area contributed by atoms with Crippen molar-refractivity contribution in [2.45, 2.75) is 32.8 Å². The molecular weight excluding hydrogens is 228 g/mol. The largest absolute Gasteiger partial charge is 0.391 e. The third-order valence-corrected chi connectivity index (χ3v) is 3.44. The normalized spacial score (nSPS) is 12.7. The molecule has 0 saturated heterocycles. The van der Waals surface area contributed by atoms with Gasteiger partial charge in [-0.1, -0.05) is 19.1 Å². The van der Waals surface area contributed by atoms with Crippen molar-refractivity contribution in [3.8, 4) is 0 Å². The molecule has 1 aromatic rings. The van der Waals surface area contributed by atoms with Crippen LogP contribution in [-0.2, 0) is 11.2 Å². The van der Waals surface area contributed by atoms with Crippen molar-refractivity contribution in [3.05, 3.63) is 16.1 Å². The van der Waals surface area contributed by atoms with E-state index in [0.717, 1.165) is 18.5 Å². The fourth-order valence-electron chi connectivity index (χ4n) is 1.26. The van der Waals surface area contributed by atoms with Crippen LogP contribution in [0.25, 0.3) is 0 Å². The van der Waals surface area contributed by atoms with Crippen molar-refractivity contribution in [2.24, 2.45) is 5.73 Å². The second-order valence-electron chi connectivity index (χ2n) is 3.28. The summed E-state index contributed by atoms with van der Waals surface area (Å²) in [6.45, 7) is 4.68. The van der Waals surface area contributed by atoms with E-state index in [9.17, 15) is 0 Å². The Bertz CT molecular complexity index is 325. The monoisotopic (exact) mass is 244 g/mol. The summed E-state index contributed by atoms with van der Waals surface area (Å²) in [5.74, 6) is 0. The molecule has 1 rings (SSSR count). The summed E-state index contributed by atoms with van der Waals surface area (Å²) in [6, 6.07) is 0. The average molecular weight is 244 g/mol. The first-order valence-electron chi connectivity index (χ1n) is 4.95. The number of hydrogen-bond acceptors (Lipinski definition) is 4. The number of ether oxygens (including phenoxy) is 1. The van der Waals surface area contributed by atoms with Gasteiger partial charge in [-0.25, -0.2) is 4.98 Å². The quantitative estimate of drug-likeness (QED) is 0.778. The van der Waals surface area contributed by atoms with E-state index in [1.54, 1.807) is 11.3 Å². The molecule has 3 nitrogen and oxygen atoms in total. The molecule has 0 aliphatic carbocycles. The summed E-state index contributed by atoms with van der Waals surface area (Å²) < 4.78 is 5.59. The van der Waals surface area contributed by atoms with E-state index in [-0.39, 0.29) is 6.10 Å². The van der Waals surface area contributed by atoms with Crippen LogP contribution in [0.15, 0.2) is 5.51 Å². The fourth-order valence-corrected chi connectivity index (χ4v) is 2.26. The lowest BCUT2D eigenvalue weighted by atomic mass is 10.2. The third kappa shape index (κ3) is 3.85. The molecular formula is C10H16N2OS2. The van der Waals surface area contributed by atoms with E-state index < -0.39 is 0 Å². The first kappa shape index (κ1) is 12.5. The maximum absolute atomic E-state index is 5.59. The van der Waals surface area contributed by atoms with Gasteiger partial charge >= 0.3 is 0 Å². The zero-order valence-corrected chi connectivity index (χ0v) is 10.7. The molecule has 1 aromatic heterocycles. The van der Waals surface area contributed by atoms with Crippen molar-refractivity contribution in [1.82, 2.24) is 4.98 Å². The Morgan fingerprint density at radius 1 is 1.73 bits per heavy atom. The highest BCUT2D eigenvalue weighted by Crippen LogP contribution is 2.13. The Balaban J connectivity index is 2.33. The van der Waals surface area contributed by atoms with Crippen LogP contribution in [-0.4, -0.2) is 22.7 Å². The molecule has 0 fully saturated rings. The lowest BCUT2D eigenvalue weighted by Crippen LogP contribution is -2.29. The summed E-state index contributed by atoms with van der Waals surface area (Å²) in [5, 5.41) is 0. The molecule has 0 saturated carbocycles. The maximum atomic E-state index is 5.59. The first-order valence-corrected chi connectivity index (χ1v) is 6.23. The Morgan fingerprint density at radius 3 is 2.93 bits per heavy atom. The molecule has 0 amide bonds. The summed E-state index contributed by atoms with van der Waals surface area (Å²) in [5.41, 5.74) is 8.48. The first-order chi connectivity index (χ1) is 7.15. The molecule has 1 atom stereocenters. The van der Waals surface area contributed by atoms with Gasteiger partial charge in [0.2, 0.25) is 0 Å². The predicted molar refractivity (Wildman–Crippen MR) is 67.4 cm³/mol. The van der Waals surface area contributed by atoms with Gasteiger partial charge in [-0.15, -0.1) is 11.3 Å². The van der Waals surface area contributed by atoms with Gasteiger partial charge in [-0.2, -0.15) is 0 Å². The average Bonchev–Trinajstić information content (AvgIpc) is 2.58. The third-order valence-electron chi connectivity index (χ3n) is 2.18. The number of nitrogens with zero attached hydrogens (tertiary/aromatic N) is 1. The van der Waals surface area contributed by atoms with Crippen LogP contribution in [0.2, 0.25) is 0 Å². The minimum absolute atomic E-state index is 0.0896. The second-order valence-corrected chi connectivity index (χ2v) is 4.69. The zero-order chi connectivity index (χ0) is 11.3. The van der Waals surface area contributed by atoms with Crippen LogP contribution in [0, 0.1) is 6.92 Å². The van der Waals surface area contributed by atoms with E-state index in [4.69, 9.17) is 22.7 Å². The standard InChI is InChI=1S/C10H16N2OS2/c1-3-8(10(11)14)13-5-4-9-7(2)12-6-15-9/h6,8H,3-5H2,1-2H3,(H2,11,14). The number of thiocarbonyl (C=S) groups is 1. The lowest BCUT2D eigenvalue weighted by Gasteiger charge is -2.13. The van der Waals surface area contributed by atoms with Crippen molar-refractivity contribution in [3.63, 3.8) is 0 Å². The molecule has 84 valence electrons. The molecule has 1 heterocycles. The molecule has 2 N–H and O–H groups in total. The van der Waals surface area contributed by atoms with E-state index >= 15 is 0 Å². The van der Waals surface area contributed by atoms with Gasteiger partial charge in [0.05, 0.1) is 17.8 Å². The SMILES string of the molecule is CCC(OCCc1scnc1C)C(N)=S. The molecule has 15 heavy (non-hydrogen) atoms. The van der Waals surface area contributed by atoms with Crippen molar-refractivity contribution in [2.75, 3.05) is 6.61 Å². The summed E-state index contributed by atoms with van der Waals surface area (Å²) in [6.07, 6.45) is 1.63. The number of nitrogens with two attached hydrogens (primary N) is 1. The highest BCUT2D eigenvalue weighted by molar-refractivity contribution is 7.80. The molecule has 0 bridgehead atoms. The van der Waals surface area contributed by atoms with Gasteiger partial charge in [0.25, 0.3) is 0 Å². The number of hydrogen-bond donors (Lipinski definition) is 1. The topological polar surface area (TPSA) is 48.1 Å². The Labute approximate surface area is 99.7 Å². The van der Waals surface area contributed by atoms with E-state index in [0.29, 0.717) is 11.6 Å². The van der Waals surface area contributed by atoms with Crippen LogP contribution in [0.4, 0.5) is 0 Å².